The largest absolute Gasteiger partial charge is 0.326 e. The van der Waals surface area contributed by atoms with Gasteiger partial charge in [0.05, 0.1) is 5.92 Å². The minimum absolute atomic E-state index is 0.0794. The van der Waals surface area contributed by atoms with Gasteiger partial charge in [-0.15, -0.1) is 0 Å². The van der Waals surface area contributed by atoms with Crippen LogP contribution in [-0.2, 0) is 9.59 Å². The molecule has 0 spiro atoms. The van der Waals surface area contributed by atoms with Crippen LogP contribution in [0.4, 0.5) is 10.1 Å². The molecule has 2 N–H and O–H groups in total. The molecule has 100 valence electrons. The van der Waals surface area contributed by atoms with E-state index in [1.807, 2.05) is 0 Å². The summed E-state index contributed by atoms with van der Waals surface area (Å²) in [5.41, 5.74) is 3.68. The van der Waals surface area contributed by atoms with Gasteiger partial charge in [-0.3, -0.25) is 9.59 Å². The second-order valence-corrected chi connectivity index (χ2v) is 4.48. The topological polar surface area (TPSA) is 70.6 Å². The third kappa shape index (κ3) is 3.61. The van der Waals surface area contributed by atoms with E-state index in [4.69, 9.17) is 0 Å². The van der Waals surface area contributed by atoms with E-state index in [9.17, 15) is 14.0 Å². The standard InChI is InChI=1S/C13H14FN3O2/c1-8-6-9(13(19)17-16-8)7-12(18)15-11-4-2-10(14)3-5-11/h2-5,9H,6-7H2,1H3,(H,15,18)(H,17,19)/t9-/m1/s1. The van der Waals surface area contributed by atoms with Crippen molar-refractivity contribution >= 4 is 23.2 Å². The van der Waals surface area contributed by atoms with Crippen LogP contribution in [0.3, 0.4) is 0 Å². The Hall–Kier alpha value is -2.24. The average molecular weight is 263 g/mol. The van der Waals surface area contributed by atoms with Gasteiger partial charge in [-0.1, -0.05) is 0 Å². The highest BCUT2D eigenvalue weighted by molar-refractivity contribution is 5.98. The zero-order chi connectivity index (χ0) is 13.8. The van der Waals surface area contributed by atoms with Gasteiger partial charge < -0.3 is 5.32 Å². The maximum absolute atomic E-state index is 12.7. The quantitative estimate of drug-likeness (QED) is 0.870. The Morgan fingerprint density at radius 3 is 2.84 bits per heavy atom. The van der Waals surface area contributed by atoms with Crippen LogP contribution in [0.1, 0.15) is 19.8 Å². The normalized spacial score (nSPS) is 18.5. The monoisotopic (exact) mass is 263 g/mol. The molecule has 1 atom stereocenters. The van der Waals surface area contributed by atoms with Crippen LogP contribution in [-0.4, -0.2) is 17.5 Å². The molecule has 0 saturated heterocycles. The molecule has 0 unspecified atom stereocenters. The Labute approximate surface area is 109 Å². The van der Waals surface area contributed by atoms with E-state index in [2.05, 4.69) is 15.8 Å². The van der Waals surface area contributed by atoms with Crippen molar-refractivity contribution in [2.45, 2.75) is 19.8 Å². The van der Waals surface area contributed by atoms with E-state index in [-0.39, 0.29) is 24.1 Å². The van der Waals surface area contributed by atoms with Gasteiger partial charge in [-0.25, -0.2) is 9.82 Å². The van der Waals surface area contributed by atoms with Gasteiger partial charge >= 0.3 is 0 Å². The van der Waals surface area contributed by atoms with Crippen molar-refractivity contribution in [3.8, 4) is 0 Å². The van der Waals surface area contributed by atoms with Crippen LogP contribution in [0.15, 0.2) is 29.4 Å². The van der Waals surface area contributed by atoms with Crippen molar-refractivity contribution in [2.75, 3.05) is 5.32 Å². The van der Waals surface area contributed by atoms with Crippen LogP contribution >= 0.6 is 0 Å². The summed E-state index contributed by atoms with van der Waals surface area (Å²) in [6.45, 7) is 1.80. The van der Waals surface area contributed by atoms with Gasteiger partial charge in [0.15, 0.2) is 0 Å². The summed E-state index contributed by atoms with van der Waals surface area (Å²) >= 11 is 0. The first-order chi connectivity index (χ1) is 9.04. The Bertz CT molecular complexity index is 525. The zero-order valence-electron chi connectivity index (χ0n) is 10.4. The van der Waals surface area contributed by atoms with Gasteiger partial charge in [0, 0.05) is 17.8 Å². The first kappa shape index (κ1) is 13.2. The zero-order valence-corrected chi connectivity index (χ0v) is 10.4. The molecule has 1 aliphatic heterocycles. The highest BCUT2D eigenvalue weighted by Gasteiger charge is 2.25. The maximum Gasteiger partial charge on any atom is 0.244 e. The van der Waals surface area contributed by atoms with Gasteiger partial charge in [-0.2, -0.15) is 5.10 Å². The highest BCUT2D eigenvalue weighted by Crippen LogP contribution is 2.16. The first-order valence-corrected chi connectivity index (χ1v) is 5.93. The Kier molecular flexibility index (Phi) is 3.89. The summed E-state index contributed by atoms with van der Waals surface area (Å²) in [6, 6.07) is 5.47. The van der Waals surface area contributed by atoms with E-state index < -0.39 is 5.92 Å². The number of carbonyl (C=O) groups is 2. The van der Waals surface area contributed by atoms with Crippen molar-refractivity contribution in [3.63, 3.8) is 0 Å². The van der Waals surface area contributed by atoms with Crippen molar-refractivity contribution in [1.82, 2.24) is 5.43 Å². The fourth-order valence-corrected chi connectivity index (χ4v) is 1.87. The van der Waals surface area contributed by atoms with Gasteiger partial charge in [-0.05, 0) is 37.6 Å². The molecule has 1 heterocycles. The van der Waals surface area contributed by atoms with Crippen molar-refractivity contribution in [1.29, 1.82) is 0 Å². The Morgan fingerprint density at radius 2 is 2.16 bits per heavy atom. The van der Waals surface area contributed by atoms with Crippen LogP contribution in [0, 0.1) is 11.7 Å². The lowest BCUT2D eigenvalue weighted by Crippen LogP contribution is -2.35. The molecule has 1 aliphatic rings. The lowest BCUT2D eigenvalue weighted by Gasteiger charge is -2.19. The fraction of sp³-hybridized carbons (Fsp3) is 0.308. The molecule has 0 radical (unpaired) electrons. The number of amides is 2. The van der Waals surface area contributed by atoms with E-state index in [0.717, 1.165) is 5.71 Å². The molecule has 0 aromatic heterocycles. The van der Waals surface area contributed by atoms with Crippen molar-refractivity contribution < 1.29 is 14.0 Å². The highest BCUT2D eigenvalue weighted by atomic mass is 19.1. The number of hydrogen-bond acceptors (Lipinski definition) is 3. The lowest BCUT2D eigenvalue weighted by molar-refractivity contribution is -0.128. The van der Waals surface area contributed by atoms with Crippen molar-refractivity contribution in [2.24, 2.45) is 11.0 Å². The van der Waals surface area contributed by atoms with E-state index in [1.165, 1.54) is 24.3 Å². The summed E-state index contributed by atoms with van der Waals surface area (Å²) in [5.74, 6) is -1.30. The third-order valence-corrected chi connectivity index (χ3v) is 2.83. The molecule has 2 amide bonds. The second-order valence-electron chi connectivity index (χ2n) is 4.48. The van der Waals surface area contributed by atoms with Gasteiger partial charge in [0.1, 0.15) is 5.82 Å². The summed E-state index contributed by atoms with van der Waals surface area (Å²) in [5, 5.41) is 6.43. The van der Waals surface area contributed by atoms with Crippen LogP contribution in [0.5, 0.6) is 0 Å². The maximum atomic E-state index is 12.7. The number of nitrogens with zero attached hydrogens (tertiary/aromatic N) is 1. The number of hydrazone groups is 1. The predicted octanol–water partition coefficient (Wildman–Crippen LogP) is 1.67. The third-order valence-electron chi connectivity index (χ3n) is 2.83. The molecule has 19 heavy (non-hydrogen) atoms. The molecule has 1 aromatic rings. The Balaban J connectivity index is 1.92. The number of anilines is 1. The number of rotatable bonds is 3. The molecule has 0 saturated carbocycles. The fourth-order valence-electron chi connectivity index (χ4n) is 1.87. The summed E-state index contributed by atoms with van der Waals surface area (Å²) < 4.78 is 12.7. The van der Waals surface area contributed by atoms with Crippen LogP contribution < -0.4 is 10.7 Å². The molecule has 0 fully saturated rings. The number of hydrogen-bond donors (Lipinski definition) is 2. The summed E-state index contributed by atoms with van der Waals surface area (Å²) in [4.78, 5) is 23.3. The molecule has 0 aliphatic carbocycles. The first-order valence-electron chi connectivity index (χ1n) is 5.93. The average Bonchev–Trinajstić information content (AvgIpc) is 2.37. The predicted molar refractivity (Wildman–Crippen MR) is 69.0 cm³/mol. The number of halogens is 1. The van der Waals surface area contributed by atoms with E-state index in [0.29, 0.717) is 12.1 Å². The van der Waals surface area contributed by atoms with Gasteiger partial charge in [0.2, 0.25) is 11.8 Å². The minimum Gasteiger partial charge on any atom is -0.326 e. The molecule has 2 rings (SSSR count). The lowest BCUT2D eigenvalue weighted by atomic mass is 9.96. The van der Waals surface area contributed by atoms with Crippen molar-refractivity contribution in [3.05, 3.63) is 30.1 Å². The van der Waals surface area contributed by atoms with Crippen LogP contribution in [0.2, 0.25) is 0 Å². The SMILES string of the molecule is CC1=NNC(=O)[C@@H](CC(=O)Nc2ccc(F)cc2)C1. The van der Waals surface area contributed by atoms with E-state index >= 15 is 0 Å². The Morgan fingerprint density at radius 1 is 1.47 bits per heavy atom. The molecular formula is C13H14FN3O2. The number of nitrogens with one attached hydrogen (secondary N) is 2. The number of carbonyl (C=O) groups excluding carboxylic acids is 2. The molecule has 5 nitrogen and oxygen atoms in total. The molecule has 0 bridgehead atoms. The summed E-state index contributed by atoms with van der Waals surface area (Å²) in [6.07, 6.45) is 0.554. The smallest absolute Gasteiger partial charge is 0.244 e. The molecule has 1 aromatic carbocycles. The second kappa shape index (κ2) is 5.60. The summed E-state index contributed by atoms with van der Waals surface area (Å²) in [7, 11) is 0. The minimum atomic E-state index is -0.405. The van der Waals surface area contributed by atoms with Crippen LogP contribution in [0.25, 0.3) is 0 Å². The van der Waals surface area contributed by atoms with E-state index in [1.54, 1.807) is 6.92 Å². The molecule has 6 heteroatoms. The number of benzene rings is 1. The van der Waals surface area contributed by atoms with Gasteiger partial charge in [0.25, 0.3) is 0 Å². The molecular weight excluding hydrogens is 249 g/mol.